The van der Waals surface area contributed by atoms with Crippen LogP contribution in [0.4, 0.5) is 10.1 Å². The van der Waals surface area contributed by atoms with Crippen LogP contribution in [-0.2, 0) is 6.42 Å². The minimum absolute atomic E-state index is 0.195. The van der Waals surface area contributed by atoms with Crippen LogP contribution in [0, 0.1) is 5.82 Å². The monoisotopic (exact) mass is 210 g/mol. The summed E-state index contributed by atoms with van der Waals surface area (Å²) in [6.45, 7) is 3.62. The molecule has 0 aliphatic carbocycles. The molecule has 0 spiro atoms. The molecular weight excluding hydrogens is 191 g/mol. The molecule has 1 rings (SSSR count). The van der Waals surface area contributed by atoms with Gasteiger partial charge in [-0.15, -0.1) is 0 Å². The quantitative estimate of drug-likeness (QED) is 0.708. The van der Waals surface area contributed by atoms with E-state index in [1.54, 1.807) is 12.1 Å². The Morgan fingerprint density at radius 2 is 2.20 bits per heavy atom. The van der Waals surface area contributed by atoms with Gasteiger partial charge in [0.1, 0.15) is 5.82 Å². The Kier molecular flexibility index (Phi) is 5.12. The van der Waals surface area contributed by atoms with E-state index in [0.717, 1.165) is 30.6 Å². The van der Waals surface area contributed by atoms with Crippen molar-refractivity contribution in [1.29, 1.82) is 0 Å². The van der Waals surface area contributed by atoms with Gasteiger partial charge in [-0.05, 0) is 43.1 Å². The van der Waals surface area contributed by atoms with E-state index in [1.807, 2.05) is 0 Å². The van der Waals surface area contributed by atoms with E-state index in [2.05, 4.69) is 12.2 Å². The third-order valence-corrected chi connectivity index (χ3v) is 2.33. The number of halogens is 1. The predicted molar refractivity (Wildman–Crippen MR) is 62.6 cm³/mol. The first kappa shape index (κ1) is 12.0. The molecule has 2 nitrogen and oxygen atoms in total. The van der Waals surface area contributed by atoms with E-state index in [0.29, 0.717) is 13.0 Å². The van der Waals surface area contributed by atoms with Crippen LogP contribution in [0.3, 0.4) is 0 Å². The van der Waals surface area contributed by atoms with Crippen molar-refractivity contribution in [1.82, 2.24) is 0 Å². The topological polar surface area (TPSA) is 38.0 Å². The molecule has 0 unspecified atom stereocenters. The number of unbranched alkanes of at least 4 members (excludes halogenated alkanes) is 1. The first-order valence-corrected chi connectivity index (χ1v) is 5.50. The van der Waals surface area contributed by atoms with Crippen molar-refractivity contribution in [2.45, 2.75) is 26.2 Å². The molecule has 0 fully saturated rings. The lowest BCUT2D eigenvalue weighted by Crippen LogP contribution is -2.08. The van der Waals surface area contributed by atoms with Crippen molar-refractivity contribution >= 4 is 5.69 Å². The number of hydrogen-bond donors (Lipinski definition) is 2. The van der Waals surface area contributed by atoms with Crippen LogP contribution < -0.4 is 11.1 Å². The summed E-state index contributed by atoms with van der Waals surface area (Å²) in [6.07, 6.45) is 2.99. The second kappa shape index (κ2) is 6.40. The predicted octanol–water partition coefficient (Wildman–Crippen LogP) is 2.54. The van der Waals surface area contributed by atoms with Gasteiger partial charge in [0.15, 0.2) is 0 Å². The highest BCUT2D eigenvalue weighted by atomic mass is 19.1. The fourth-order valence-electron chi connectivity index (χ4n) is 1.50. The standard InChI is InChI=1S/C12H19FN2/c1-2-3-8-15-12-5-4-11(13)9-10(12)6-7-14/h4-5,9,15H,2-3,6-8,14H2,1H3. The van der Waals surface area contributed by atoms with Crippen LogP contribution in [0.1, 0.15) is 25.3 Å². The van der Waals surface area contributed by atoms with Crippen molar-refractivity contribution in [2.24, 2.45) is 5.73 Å². The summed E-state index contributed by atoms with van der Waals surface area (Å²) in [6, 6.07) is 4.82. The summed E-state index contributed by atoms with van der Waals surface area (Å²) in [4.78, 5) is 0. The van der Waals surface area contributed by atoms with Crippen molar-refractivity contribution in [3.63, 3.8) is 0 Å². The van der Waals surface area contributed by atoms with Gasteiger partial charge in [-0.3, -0.25) is 0 Å². The SMILES string of the molecule is CCCCNc1ccc(F)cc1CCN. The molecular formula is C12H19FN2. The van der Waals surface area contributed by atoms with Gasteiger partial charge >= 0.3 is 0 Å². The maximum Gasteiger partial charge on any atom is 0.123 e. The zero-order chi connectivity index (χ0) is 11.1. The zero-order valence-electron chi connectivity index (χ0n) is 9.22. The van der Waals surface area contributed by atoms with E-state index in [1.165, 1.54) is 6.07 Å². The molecule has 0 aliphatic rings. The van der Waals surface area contributed by atoms with E-state index < -0.39 is 0 Å². The fraction of sp³-hybridized carbons (Fsp3) is 0.500. The normalized spacial score (nSPS) is 10.3. The van der Waals surface area contributed by atoms with E-state index in [-0.39, 0.29) is 5.82 Å². The fourth-order valence-corrected chi connectivity index (χ4v) is 1.50. The van der Waals surface area contributed by atoms with Gasteiger partial charge < -0.3 is 11.1 Å². The molecule has 1 aromatic carbocycles. The highest BCUT2D eigenvalue weighted by Gasteiger charge is 2.02. The average molecular weight is 210 g/mol. The highest BCUT2D eigenvalue weighted by Crippen LogP contribution is 2.17. The number of nitrogens with one attached hydrogen (secondary N) is 1. The molecule has 0 saturated carbocycles. The Labute approximate surface area is 90.7 Å². The van der Waals surface area contributed by atoms with Crippen molar-refractivity contribution in [3.05, 3.63) is 29.6 Å². The summed E-state index contributed by atoms with van der Waals surface area (Å²) >= 11 is 0. The van der Waals surface area contributed by atoms with Gasteiger partial charge in [-0.2, -0.15) is 0 Å². The van der Waals surface area contributed by atoms with Gasteiger partial charge in [0, 0.05) is 12.2 Å². The Bertz CT molecular complexity index is 300. The lowest BCUT2D eigenvalue weighted by molar-refractivity contribution is 0.625. The summed E-state index contributed by atoms with van der Waals surface area (Å²) in [7, 11) is 0. The second-order valence-electron chi connectivity index (χ2n) is 3.62. The van der Waals surface area contributed by atoms with E-state index in [4.69, 9.17) is 5.73 Å². The number of hydrogen-bond acceptors (Lipinski definition) is 2. The number of anilines is 1. The molecule has 0 atom stereocenters. The first-order chi connectivity index (χ1) is 7.27. The van der Waals surface area contributed by atoms with Crippen molar-refractivity contribution in [2.75, 3.05) is 18.4 Å². The van der Waals surface area contributed by atoms with Gasteiger partial charge in [0.05, 0.1) is 0 Å². The Hall–Kier alpha value is -1.09. The summed E-state index contributed by atoms with van der Waals surface area (Å²) in [5, 5.41) is 3.30. The lowest BCUT2D eigenvalue weighted by Gasteiger charge is -2.11. The van der Waals surface area contributed by atoms with Crippen LogP contribution in [-0.4, -0.2) is 13.1 Å². The van der Waals surface area contributed by atoms with Crippen LogP contribution in [0.25, 0.3) is 0 Å². The van der Waals surface area contributed by atoms with E-state index in [9.17, 15) is 4.39 Å². The minimum Gasteiger partial charge on any atom is -0.385 e. The summed E-state index contributed by atoms with van der Waals surface area (Å²) in [5.74, 6) is -0.195. The number of nitrogens with two attached hydrogens (primary N) is 1. The molecule has 3 N–H and O–H groups in total. The second-order valence-corrected chi connectivity index (χ2v) is 3.62. The molecule has 0 aromatic heterocycles. The van der Waals surface area contributed by atoms with Crippen LogP contribution in [0.5, 0.6) is 0 Å². The smallest absolute Gasteiger partial charge is 0.123 e. The largest absolute Gasteiger partial charge is 0.385 e. The van der Waals surface area contributed by atoms with Crippen LogP contribution in [0.15, 0.2) is 18.2 Å². The molecule has 15 heavy (non-hydrogen) atoms. The molecule has 0 amide bonds. The molecule has 3 heteroatoms. The number of benzene rings is 1. The molecule has 1 aromatic rings. The Morgan fingerprint density at radius 3 is 2.87 bits per heavy atom. The number of rotatable bonds is 6. The summed E-state index contributed by atoms with van der Waals surface area (Å²) in [5.41, 5.74) is 7.46. The van der Waals surface area contributed by atoms with Crippen LogP contribution in [0.2, 0.25) is 0 Å². The van der Waals surface area contributed by atoms with Crippen molar-refractivity contribution in [3.8, 4) is 0 Å². The Morgan fingerprint density at radius 1 is 1.40 bits per heavy atom. The molecule has 0 heterocycles. The Balaban J connectivity index is 2.67. The maximum absolute atomic E-state index is 13.0. The van der Waals surface area contributed by atoms with E-state index >= 15 is 0 Å². The van der Waals surface area contributed by atoms with Gasteiger partial charge in [0.25, 0.3) is 0 Å². The lowest BCUT2D eigenvalue weighted by atomic mass is 10.1. The minimum atomic E-state index is -0.195. The average Bonchev–Trinajstić information content (AvgIpc) is 2.22. The maximum atomic E-state index is 13.0. The molecule has 84 valence electrons. The first-order valence-electron chi connectivity index (χ1n) is 5.50. The molecule has 0 saturated heterocycles. The molecule has 0 bridgehead atoms. The molecule has 0 radical (unpaired) electrons. The zero-order valence-corrected chi connectivity index (χ0v) is 9.22. The summed E-state index contributed by atoms with van der Waals surface area (Å²) < 4.78 is 13.0. The molecule has 0 aliphatic heterocycles. The van der Waals surface area contributed by atoms with Gasteiger partial charge in [-0.1, -0.05) is 13.3 Å². The highest BCUT2D eigenvalue weighted by molar-refractivity contribution is 5.51. The van der Waals surface area contributed by atoms with Crippen LogP contribution >= 0.6 is 0 Å². The third-order valence-electron chi connectivity index (χ3n) is 2.33. The third kappa shape index (κ3) is 3.88. The van der Waals surface area contributed by atoms with Gasteiger partial charge in [0.2, 0.25) is 0 Å². The van der Waals surface area contributed by atoms with Gasteiger partial charge in [-0.25, -0.2) is 4.39 Å². The van der Waals surface area contributed by atoms with Crippen molar-refractivity contribution < 1.29 is 4.39 Å².